The molecule has 4 heteroatoms. The molecule has 0 radical (unpaired) electrons. The zero-order chi connectivity index (χ0) is 12.3. The minimum absolute atomic E-state index is 0.302. The van der Waals surface area contributed by atoms with E-state index in [-0.39, 0.29) is 5.82 Å². The Morgan fingerprint density at radius 1 is 1.35 bits per heavy atom. The molecule has 0 aliphatic heterocycles. The van der Waals surface area contributed by atoms with Gasteiger partial charge in [-0.2, -0.15) is 0 Å². The van der Waals surface area contributed by atoms with E-state index >= 15 is 0 Å². The van der Waals surface area contributed by atoms with Gasteiger partial charge in [0.25, 0.3) is 0 Å². The standard InChI is InChI=1S/C13H17ClFNO/c14-11-4-3-10(12(15)7-11)8-16-9-13(17)5-1-2-6-13/h3-4,7,16-17H,1-2,5-6,8-9H2. The first-order valence-corrected chi connectivity index (χ1v) is 6.34. The van der Waals surface area contributed by atoms with Crippen LogP contribution in [0.4, 0.5) is 4.39 Å². The van der Waals surface area contributed by atoms with Crippen molar-refractivity contribution in [3.63, 3.8) is 0 Å². The molecule has 1 aliphatic rings. The van der Waals surface area contributed by atoms with Crippen LogP contribution in [-0.2, 0) is 6.54 Å². The van der Waals surface area contributed by atoms with Gasteiger partial charge in [0, 0.05) is 23.7 Å². The Kier molecular flexibility index (Phi) is 4.02. The van der Waals surface area contributed by atoms with Crippen LogP contribution in [0.5, 0.6) is 0 Å². The summed E-state index contributed by atoms with van der Waals surface area (Å²) in [7, 11) is 0. The maximum Gasteiger partial charge on any atom is 0.129 e. The molecule has 0 unspecified atom stereocenters. The van der Waals surface area contributed by atoms with Crippen molar-refractivity contribution >= 4 is 11.6 Å². The average molecular weight is 258 g/mol. The Labute approximate surface area is 106 Å². The van der Waals surface area contributed by atoms with Crippen molar-refractivity contribution in [1.82, 2.24) is 5.32 Å². The van der Waals surface area contributed by atoms with E-state index < -0.39 is 5.60 Å². The molecule has 1 saturated carbocycles. The fraction of sp³-hybridized carbons (Fsp3) is 0.538. The molecule has 0 saturated heterocycles. The molecular weight excluding hydrogens is 241 g/mol. The lowest BCUT2D eigenvalue weighted by atomic mass is 10.0. The zero-order valence-electron chi connectivity index (χ0n) is 9.68. The second-order valence-corrected chi connectivity index (χ2v) is 5.21. The van der Waals surface area contributed by atoms with Gasteiger partial charge in [-0.15, -0.1) is 0 Å². The fourth-order valence-electron chi connectivity index (χ4n) is 2.30. The summed E-state index contributed by atoms with van der Waals surface area (Å²) >= 11 is 5.68. The van der Waals surface area contributed by atoms with Crippen molar-refractivity contribution in [2.24, 2.45) is 0 Å². The molecule has 0 aromatic heterocycles. The van der Waals surface area contributed by atoms with Crippen LogP contribution in [0.15, 0.2) is 18.2 Å². The van der Waals surface area contributed by atoms with Gasteiger partial charge < -0.3 is 10.4 Å². The van der Waals surface area contributed by atoms with Crippen LogP contribution >= 0.6 is 11.6 Å². The first kappa shape index (κ1) is 12.8. The Balaban J connectivity index is 1.85. The third kappa shape index (κ3) is 3.41. The molecule has 1 aliphatic carbocycles. The minimum Gasteiger partial charge on any atom is -0.389 e. The third-order valence-corrected chi connectivity index (χ3v) is 3.55. The molecule has 2 N–H and O–H groups in total. The summed E-state index contributed by atoms with van der Waals surface area (Å²) in [5, 5.41) is 13.6. The number of aliphatic hydroxyl groups is 1. The van der Waals surface area contributed by atoms with Crippen molar-refractivity contribution in [2.45, 2.75) is 37.8 Å². The van der Waals surface area contributed by atoms with Crippen molar-refractivity contribution < 1.29 is 9.50 Å². The van der Waals surface area contributed by atoms with Gasteiger partial charge in [-0.05, 0) is 25.0 Å². The number of halogens is 2. The number of benzene rings is 1. The Hall–Kier alpha value is -0.640. The van der Waals surface area contributed by atoms with Gasteiger partial charge in [0.15, 0.2) is 0 Å². The molecule has 1 aromatic rings. The van der Waals surface area contributed by atoms with Gasteiger partial charge in [0.1, 0.15) is 5.82 Å². The molecule has 1 fully saturated rings. The summed E-state index contributed by atoms with van der Waals surface area (Å²) in [6.45, 7) is 0.945. The van der Waals surface area contributed by atoms with E-state index in [9.17, 15) is 9.50 Å². The van der Waals surface area contributed by atoms with Crippen LogP contribution in [-0.4, -0.2) is 17.3 Å². The minimum atomic E-state index is -0.594. The highest BCUT2D eigenvalue weighted by molar-refractivity contribution is 6.30. The molecule has 0 atom stereocenters. The highest BCUT2D eigenvalue weighted by atomic mass is 35.5. The molecular formula is C13H17ClFNO. The maximum absolute atomic E-state index is 13.5. The Morgan fingerprint density at radius 2 is 2.06 bits per heavy atom. The van der Waals surface area contributed by atoms with E-state index in [0.717, 1.165) is 25.7 Å². The van der Waals surface area contributed by atoms with Crippen LogP contribution in [0.3, 0.4) is 0 Å². The molecule has 94 valence electrons. The number of nitrogens with one attached hydrogen (secondary N) is 1. The summed E-state index contributed by atoms with van der Waals surface area (Å²) in [5.74, 6) is -0.302. The Morgan fingerprint density at radius 3 is 2.71 bits per heavy atom. The molecule has 17 heavy (non-hydrogen) atoms. The normalized spacial score (nSPS) is 18.5. The van der Waals surface area contributed by atoms with Crippen molar-refractivity contribution in [2.75, 3.05) is 6.54 Å². The number of rotatable bonds is 4. The molecule has 0 amide bonds. The maximum atomic E-state index is 13.5. The van der Waals surface area contributed by atoms with Crippen LogP contribution in [0, 0.1) is 5.82 Å². The van der Waals surface area contributed by atoms with Crippen molar-refractivity contribution in [3.05, 3.63) is 34.6 Å². The highest BCUT2D eigenvalue weighted by Gasteiger charge is 2.30. The second kappa shape index (κ2) is 5.34. The van der Waals surface area contributed by atoms with Gasteiger partial charge in [-0.25, -0.2) is 4.39 Å². The van der Waals surface area contributed by atoms with Crippen LogP contribution in [0.2, 0.25) is 5.02 Å². The van der Waals surface area contributed by atoms with E-state index in [1.165, 1.54) is 6.07 Å². The van der Waals surface area contributed by atoms with E-state index in [0.29, 0.717) is 23.7 Å². The van der Waals surface area contributed by atoms with Crippen LogP contribution in [0.1, 0.15) is 31.2 Å². The van der Waals surface area contributed by atoms with Gasteiger partial charge >= 0.3 is 0 Å². The average Bonchev–Trinajstić information content (AvgIpc) is 2.69. The smallest absolute Gasteiger partial charge is 0.129 e. The summed E-state index contributed by atoms with van der Waals surface area (Å²) in [6.07, 6.45) is 3.83. The second-order valence-electron chi connectivity index (χ2n) is 4.77. The predicted molar refractivity (Wildman–Crippen MR) is 66.5 cm³/mol. The van der Waals surface area contributed by atoms with Crippen LogP contribution < -0.4 is 5.32 Å². The SMILES string of the molecule is OC1(CNCc2ccc(Cl)cc2F)CCCC1. The first-order chi connectivity index (χ1) is 8.09. The molecule has 0 spiro atoms. The number of hydrogen-bond donors (Lipinski definition) is 2. The van der Waals surface area contributed by atoms with Gasteiger partial charge in [-0.1, -0.05) is 30.5 Å². The lowest BCUT2D eigenvalue weighted by molar-refractivity contribution is 0.0474. The number of hydrogen-bond acceptors (Lipinski definition) is 2. The third-order valence-electron chi connectivity index (χ3n) is 3.32. The summed E-state index contributed by atoms with van der Waals surface area (Å²) in [4.78, 5) is 0. The first-order valence-electron chi connectivity index (χ1n) is 5.96. The highest BCUT2D eigenvalue weighted by Crippen LogP contribution is 2.28. The van der Waals surface area contributed by atoms with Crippen LogP contribution in [0.25, 0.3) is 0 Å². The van der Waals surface area contributed by atoms with Gasteiger partial charge in [0.05, 0.1) is 5.60 Å². The fourth-order valence-corrected chi connectivity index (χ4v) is 2.46. The molecule has 1 aromatic carbocycles. The van der Waals surface area contributed by atoms with E-state index in [1.54, 1.807) is 12.1 Å². The molecule has 2 nitrogen and oxygen atoms in total. The van der Waals surface area contributed by atoms with Crippen molar-refractivity contribution in [3.8, 4) is 0 Å². The largest absolute Gasteiger partial charge is 0.389 e. The van der Waals surface area contributed by atoms with E-state index in [1.807, 2.05) is 0 Å². The van der Waals surface area contributed by atoms with Gasteiger partial charge in [-0.3, -0.25) is 0 Å². The predicted octanol–water partition coefficient (Wildman–Crippen LogP) is 2.87. The Bertz CT molecular complexity index is 391. The zero-order valence-corrected chi connectivity index (χ0v) is 10.4. The topological polar surface area (TPSA) is 32.3 Å². The molecule has 2 rings (SSSR count). The van der Waals surface area contributed by atoms with Gasteiger partial charge in [0.2, 0.25) is 0 Å². The summed E-state index contributed by atoms with van der Waals surface area (Å²) in [5.41, 5.74) is -0.0147. The quantitative estimate of drug-likeness (QED) is 0.869. The lowest BCUT2D eigenvalue weighted by Gasteiger charge is -2.22. The molecule has 0 bridgehead atoms. The summed E-state index contributed by atoms with van der Waals surface area (Å²) < 4.78 is 13.5. The van der Waals surface area contributed by atoms with E-state index in [2.05, 4.69) is 5.32 Å². The monoisotopic (exact) mass is 257 g/mol. The van der Waals surface area contributed by atoms with Crippen molar-refractivity contribution in [1.29, 1.82) is 0 Å². The van der Waals surface area contributed by atoms with E-state index in [4.69, 9.17) is 11.6 Å². The summed E-state index contributed by atoms with van der Waals surface area (Å²) in [6, 6.07) is 4.65. The lowest BCUT2D eigenvalue weighted by Crippen LogP contribution is -2.37. The molecule has 0 heterocycles.